The number of aryl methyl sites for hydroxylation is 4. The predicted molar refractivity (Wildman–Crippen MR) is 85.5 cm³/mol. The quantitative estimate of drug-likeness (QED) is 0.499. The van der Waals surface area contributed by atoms with Crippen molar-refractivity contribution in [2.24, 2.45) is 0 Å². The maximum absolute atomic E-state index is 2.53. The summed E-state index contributed by atoms with van der Waals surface area (Å²) in [5.74, 6) is 0. The minimum Gasteiger partial charge on any atom is -0.0614 e. The zero-order valence-corrected chi connectivity index (χ0v) is 11.7. The van der Waals surface area contributed by atoms with E-state index in [-0.39, 0.29) is 0 Å². The molecule has 0 bridgehead atoms. The summed E-state index contributed by atoms with van der Waals surface area (Å²) < 4.78 is 0. The Morgan fingerprint density at radius 2 is 1.55 bits per heavy atom. The van der Waals surface area contributed by atoms with Gasteiger partial charge in [0, 0.05) is 0 Å². The molecule has 20 heavy (non-hydrogen) atoms. The first-order chi connectivity index (χ1) is 9.92. The van der Waals surface area contributed by atoms with Crippen molar-refractivity contribution in [2.45, 2.75) is 38.5 Å². The number of hydrogen-bond acceptors (Lipinski definition) is 0. The van der Waals surface area contributed by atoms with Crippen LogP contribution in [0, 0.1) is 0 Å². The van der Waals surface area contributed by atoms with E-state index in [9.17, 15) is 0 Å². The Morgan fingerprint density at radius 1 is 0.650 bits per heavy atom. The van der Waals surface area contributed by atoms with Crippen LogP contribution in [0.15, 0.2) is 36.4 Å². The lowest BCUT2D eigenvalue weighted by Gasteiger charge is -2.25. The highest BCUT2D eigenvalue weighted by Crippen LogP contribution is 2.40. The highest BCUT2D eigenvalue weighted by Gasteiger charge is 2.20. The third-order valence-electron chi connectivity index (χ3n) is 5.30. The fourth-order valence-corrected chi connectivity index (χ4v) is 4.39. The van der Waals surface area contributed by atoms with E-state index in [1.807, 2.05) is 0 Å². The van der Waals surface area contributed by atoms with Gasteiger partial charge in [-0.25, -0.2) is 0 Å². The summed E-state index contributed by atoms with van der Waals surface area (Å²) in [5.41, 5.74) is 6.44. The normalized spacial score (nSPS) is 16.8. The van der Waals surface area contributed by atoms with Crippen LogP contribution in [0.1, 0.15) is 35.1 Å². The van der Waals surface area contributed by atoms with E-state index in [1.165, 1.54) is 43.9 Å². The van der Waals surface area contributed by atoms with Crippen LogP contribution in [0.2, 0.25) is 0 Å². The highest BCUT2D eigenvalue weighted by atomic mass is 14.2. The summed E-state index contributed by atoms with van der Waals surface area (Å²) in [4.78, 5) is 0. The smallest absolute Gasteiger partial charge is 0.00674 e. The maximum atomic E-state index is 2.53. The van der Waals surface area contributed by atoms with Crippen molar-refractivity contribution in [1.82, 2.24) is 0 Å². The first-order valence-electron chi connectivity index (χ1n) is 7.90. The minimum atomic E-state index is 1.21. The molecule has 0 fully saturated rings. The van der Waals surface area contributed by atoms with Gasteiger partial charge in [-0.15, -0.1) is 0 Å². The number of fused-ring (bicyclic) bond motifs is 2. The summed E-state index contributed by atoms with van der Waals surface area (Å²) in [6, 6.07) is 14.1. The molecule has 3 aromatic carbocycles. The second-order valence-electron chi connectivity index (χ2n) is 6.38. The molecule has 3 aromatic rings. The van der Waals surface area contributed by atoms with Gasteiger partial charge in [-0.3, -0.25) is 0 Å². The zero-order valence-electron chi connectivity index (χ0n) is 11.7. The fraction of sp³-hybridized carbons (Fsp3) is 0.300. The molecule has 0 spiro atoms. The molecule has 0 aromatic heterocycles. The second kappa shape index (κ2) is 3.85. The van der Waals surface area contributed by atoms with Gasteiger partial charge in [0.25, 0.3) is 0 Å². The standard InChI is InChI=1S/C20H18/c1-2-7-17-15(4-1)12-16-9-8-13-5-3-6-14-10-11-18(17)20(16)19(13)14/h3,5-6,10-12H,1-2,4,7-9H2. The SMILES string of the molecule is c1cc2c3c(c1)ccc1c4c(cc(c13)CC2)CCCC4. The average molecular weight is 258 g/mol. The molecule has 0 nitrogen and oxygen atoms in total. The molecule has 0 unspecified atom stereocenters. The van der Waals surface area contributed by atoms with E-state index in [4.69, 9.17) is 0 Å². The average Bonchev–Trinajstić information content (AvgIpc) is 2.52. The first-order valence-corrected chi connectivity index (χ1v) is 7.90. The molecule has 0 heterocycles. The van der Waals surface area contributed by atoms with Crippen molar-refractivity contribution >= 4 is 21.5 Å². The van der Waals surface area contributed by atoms with Gasteiger partial charge >= 0.3 is 0 Å². The van der Waals surface area contributed by atoms with E-state index < -0.39 is 0 Å². The summed E-state index contributed by atoms with van der Waals surface area (Å²) in [5, 5.41) is 6.09. The van der Waals surface area contributed by atoms with Gasteiger partial charge in [-0.2, -0.15) is 0 Å². The van der Waals surface area contributed by atoms with E-state index in [1.54, 1.807) is 38.4 Å². The maximum Gasteiger partial charge on any atom is -0.00674 e. The zero-order chi connectivity index (χ0) is 13.1. The Kier molecular flexibility index (Phi) is 2.10. The van der Waals surface area contributed by atoms with E-state index >= 15 is 0 Å². The number of benzene rings is 3. The van der Waals surface area contributed by atoms with Crippen LogP contribution >= 0.6 is 0 Å². The molecule has 0 heteroatoms. The Morgan fingerprint density at radius 3 is 2.55 bits per heavy atom. The van der Waals surface area contributed by atoms with Crippen molar-refractivity contribution < 1.29 is 0 Å². The fourth-order valence-electron chi connectivity index (χ4n) is 4.39. The van der Waals surface area contributed by atoms with Crippen LogP contribution in [-0.4, -0.2) is 0 Å². The van der Waals surface area contributed by atoms with Gasteiger partial charge in [0.05, 0.1) is 0 Å². The lowest BCUT2D eigenvalue weighted by atomic mass is 9.80. The summed E-state index contributed by atoms with van der Waals surface area (Å²) in [6.07, 6.45) is 7.73. The van der Waals surface area contributed by atoms with Crippen LogP contribution < -0.4 is 0 Å². The summed E-state index contributed by atoms with van der Waals surface area (Å²) >= 11 is 0. The van der Waals surface area contributed by atoms with Gasteiger partial charge in [-0.1, -0.05) is 36.4 Å². The van der Waals surface area contributed by atoms with Gasteiger partial charge in [0.15, 0.2) is 0 Å². The Bertz CT molecular complexity index is 855. The van der Waals surface area contributed by atoms with Crippen LogP contribution in [0.25, 0.3) is 21.5 Å². The van der Waals surface area contributed by atoms with Crippen molar-refractivity contribution in [3.8, 4) is 0 Å². The van der Waals surface area contributed by atoms with E-state index in [0.29, 0.717) is 0 Å². The van der Waals surface area contributed by atoms with Crippen LogP contribution in [0.5, 0.6) is 0 Å². The number of hydrogen-bond donors (Lipinski definition) is 0. The molecule has 0 saturated heterocycles. The third-order valence-corrected chi connectivity index (χ3v) is 5.30. The monoisotopic (exact) mass is 258 g/mol. The molecule has 0 saturated carbocycles. The Balaban J connectivity index is 2.04. The van der Waals surface area contributed by atoms with Crippen molar-refractivity contribution in [3.63, 3.8) is 0 Å². The highest BCUT2D eigenvalue weighted by molar-refractivity contribution is 6.12. The lowest BCUT2D eigenvalue weighted by molar-refractivity contribution is 0.688. The van der Waals surface area contributed by atoms with Crippen molar-refractivity contribution in [1.29, 1.82) is 0 Å². The lowest BCUT2D eigenvalue weighted by Crippen LogP contribution is -2.08. The molecule has 2 aliphatic carbocycles. The van der Waals surface area contributed by atoms with Crippen LogP contribution in [0.3, 0.4) is 0 Å². The van der Waals surface area contributed by atoms with Crippen molar-refractivity contribution in [2.75, 3.05) is 0 Å². The van der Waals surface area contributed by atoms with Crippen molar-refractivity contribution in [3.05, 3.63) is 58.7 Å². The molecule has 0 radical (unpaired) electrons. The minimum absolute atomic E-state index is 1.21. The van der Waals surface area contributed by atoms with Gasteiger partial charge in [0.1, 0.15) is 0 Å². The van der Waals surface area contributed by atoms with E-state index in [0.717, 1.165) is 0 Å². The molecule has 0 amide bonds. The third kappa shape index (κ3) is 1.32. The van der Waals surface area contributed by atoms with E-state index in [2.05, 4.69) is 36.4 Å². The van der Waals surface area contributed by atoms with Gasteiger partial charge in [0.2, 0.25) is 0 Å². The Hall–Kier alpha value is -1.82. The summed E-state index contributed by atoms with van der Waals surface area (Å²) in [6.45, 7) is 0. The second-order valence-corrected chi connectivity index (χ2v) is 6.38. The largest absolute Gasteiger partial charge is 0.0614 e. The molecule has 98 valence electrons. The molecule has 0 aliphatic heterocycles. The summed E-state index contributed by atoms with van der Waals surface area (Å²) in [7, 11) is 0. The molecular weight excluding hydrogens is 240 g/mol. The van der Waals surface area contributed by atoms with Gasteiger partial charge < -0.3 is 0 Å². The Labute approximate surface area is 119 Å². The predicted octanol–water partition coefficient (Wildman–Crippen LogP) is 4.97. The molecule has 5 rings (SSSR count). The molecule has 0 atom stereocenters. The molecule has 2 aliphatic rings. The van der Waals surface area contributed by atoms with Crippen LogP contribution in [-0.2, 0) is 25.7 Å². The topological polar surface area (TPSA) is 0 Å². The molecular formula is C20H18. The first kappa shape index (κ1) is 10.9. The molecule has 0 N–H and O–H groups in total. The number of rotatable bonds is 0. The van der Waals surface area contributed by atoms with Gasteiger partial charge in [-0.05, 0) is 82.3 Å². The van der Waals surface area contributed by atoms with Crippen LogP contribution in [0.4, 0.5) is 0 Å².